The number of methoxy groups -OCH3 is 1. The van der Waals surface area contributed by atoms with Gasteiger partial charge >= 0.3 is 6.18 Å². The van der Waals surface area contributed by atoms with Crippen molar-refractivity contribution in [2.75, 3.05) is 12.4 Å². The van der Waals surface area contributed by atoms with Crippen LogP contribution in [-0.2, 0) is 18.5 Å². The second kappa shape index (κ2) is 9.69. The van der Waals surface area contributed by atoms with Crippen molar-refractivity contribution in [3.63, 3.8) is 0 Å². The number of thioether (sulfide) groups is 1. The van der Waals surface area contributed by atoms with E-state index in [-0.39, 0.29) is 18.1 Å². The molecule has 1 aromatic heterocycles. The van der Waals surface area contributed by atoms with Gasteiger partial charge in [-0.25, -0.2) is 0 Å². The first kappa shape index (κ1) is 22.4. The Hall–Kier alpha value is -3.27. The van der Waals surface area contributed by atoms with Gasteiger partial charge in [-0.2, -0.15) is 13.2 Å². The highest BCUT2D eigenvalue weighted by atomic mass is 32.2. The summed E-state index contributed by atoms with van der Waals surface area (Å²) >= 11 is 1.31. The Morgan fingerprint density at radius 1 is 1.19 bits per heavy atom. The van der Waals surface area contributed by atoms with Gasteiger partial charge in [-0.1, -0.05) is 36.0 Å². The van der Waals surface area contributed by atoms with E-state index in [0.29, 0.717) is 10.9 Å². The number of ether oxygens (including phenoxy) is 1. The van der Waals surface area contributed by atoms with E-state index in [2.05, 4.69) is 22.1 Å². The van der Waals surface area contributed by atoms with Crippen LogP contribution in [0.3, 0.4) is 0 Å². The van der Waals surface area contributed by atoms with Crippen molar-refractivity contribution in [3.8, 4) is 5.75 Å². The molecule has 31 heavy (non-hydrogen) atoms. The molecule has 0 fully saturated rings. The Morgan fingerprint density at radius 2 is 1.94 bits per heavy atom. The molecular weight excluding hydrogens is 429 g/mol. The first-order valence-corrected chi connectivity index (χ1v) is 10.1. The molecule has 10 heteroatoms. The Bertz CT molecular complexity index is 1110. The van der Waals surface area contributed by atoms with E-state index in [1.54, 1.807) is 7.11 Å². The van der Waals surface area contributed by atoms with Crippen LogP contribution in [0.1, 0.15) is 11.1 Å². The van der Waals surface area contributed by atoms with E-state index < -0.39 is 17.3 Å². The van der Waals surface area contributed by atoms with Crippen LogP contribution < -0.4 is 15.6 Å². The van der Waals surface area contributed by atoms with Crippen molar-refractivity contribution in [1.82, 2.24) is 14.8 Å². The smallest absolute Gasteiger partial charge is 0.416 e. The molecule has 0 saturated carbocycles. The predicted molar refractivity (Wildman–Crippen MR) is 114 cm³/mol. The van der Waals surface area contributed by atoms with Crippen LogP contribution in [-0.4, -0.2) is 21.9 Å². The molecule has 0 aliphatic carbocycles. The maximum atomic E-state index is 12.9. The van der Waals surface area contributed by atoms with Gasteiger partial charge in [0, 0.05) is 18.0 Å². The van der Waals surface area contributed by atoms with E-state index in [1.165, 1.54) is 34.5 Å². The third-order valence-electron chi connectivity index (χ3n) is 4.21. The van der Waals surface area contributed by atoms with Crippen LogP contribution in [0.2, 0.25) is 0 Å². The van der Waals surface area contributed by atoms with Crippen LogP contribution >= 0.6 is 11.8 Å². The van der Waals surface area contributed by atoms with E-state index in [1.807, 2.05) is 24.3 Å². The number of halogens is 3. The molecule has 6 nitrogen and oxygen atoms in total. The Labute approximate surface area is 180 Å². The predicted octanol–water partition coefficient (Wildman–Crippen LogP) is 4.89. The van der Waals surface area contributed by atoms with Gasteiger partial charge in [0.2, 0.25) is 5.82 Å². The number of benzene rings is 2. The number of aromatic nitrogens is 3. The summed E-state index contributed by atoms with van der Waals surface area (Å²) in [6, 6.07) is 12.0. The number of hydrogen-bond donors (Lipinski definition) is 1. The largest absolute Gasteiger partial charge is 0.497 e. The molecule has 1 N–H and O–H groups in total. The topological polar surface area (TPSA) is 69.0 Å². The summed E-state index contributed by atoms with van der Waals surface area (Å²) in [5.74, 6) is 1.10. The summed E-state index contributed by atoms with van der Waals surface area (Å²) in [6.07, 6.45) is -2.96. The van der Waals surface area contributed by atoms with E-state index in [0.717, 1.165) is 23.4 Å². The molecule has 0 aliphatic rings. The lowest BCUT2D eigenvalue weighted by Crippen LogP contribution is -2.26. The lowest BCUT2D eigenvalue weighted by Gasteiger charge is -2.13. The highest BCUT2D eigenvalue weighted by Gasteiger charge is 2.30. The fourth-order valence-electron chi connectivity index (χ4n) is 2.66. The Balaban J connectivity index is 1.83. The molecule has 0 spiro atoms. The van der Waals surface area contributed by atoms with Crippen LogP contribution in [0.4, 0.5) is 24.7 Å². The summed E-state index contributed by atoms with van der Waals surface area (Å²) < 4.78 is 45.3. The monoisotopic (exact) mass is 448 g/mol. The summed E-state index contributed by atoms with van der Waals surface area (Å²) in [6.45, 7) is 3.83. The molecule has 0 bridgehead atoms. The number of rotatable bonds is 8. The minimum Gasteiger partial charge on any atom is -0.497 e. The van der Waals surface area contributed by atoms with Crippen molar-refractivity contribution >= 4 is 23.3 Å². The van der Waals surface area contributed by atoms with Crippen molar-refractivity contribution in [1.29, 1.82) is 0 Å². The van der Waals surface area contributed by atoms with Crippen LogP contribution in [0.25, 0.3) is 0 Å². The van der Waals surface area contributed by atoms with Gasteiger partial charge < -0.3 is 10.1 Å². The second-order valence-corrected chi connectivity index (χ2v) is 7.32. The van der Waals surface area contributed by atoms with E-state index in [9.17, 15) is 18.0 Å². The van der Waals surface area contributed by atoms with Gasteiger partial charge in [0.25, 0.3) is 5.56 Å². The highest BCUT2D eigenvalue weighted by Crippen LogP contribution is 2.31. The molecule has 0 saturated heterocycles. The molecule has 3 rings (SSSR count). The molecule has 0 aliphatic heterocycles. The van der Waals surface area contributed by atoms with Gasteiger partial charge in [-0.15, -0.1) is 16.8 Å². The molecule has 0 atom stereocenters. The average Bonchev–Trinajstić information content (AvgIpc) is 2.76. The summed E-state index contributed by atoms with van der Waals surface area (Å²) in [7, 11) is 1.59. The van der Waals surface area contributed by atoms with Gasteiger partial charge in [-0.3, -0.25) is 9.36 Å². The molecule has 162 valence electrons. The SMILES string of the molecule is C=CCn1c(SCc2ccc(OC)cc2)nnc(Nc2cccc(C(F)(F)F)c2)c1=O. The number of alkyl halides is 3. The van der Waals surface area contributed by atoms with E-state index in [4.69, 9.17) is 4.74 Å². The van der Waals surface area contributed by atoms with Crippen LogP contribution in [0.5, 0.6) is 5.75 Å². The van der Waals surface area contributed by atoms with Gasteiger partial charge in [0.15, 0.2) is 5.16 Å². The third kappa shape index (κ3) is 5.66. The lowest BCUT2D eigenvalue weighted by atomic mass is 10.2. The number of anilines is 2. The van der Waals surface area contributed by atoms with Crippen LogP contribution in [0, 0.1) is 0 Å². The van der Waals surface area contributed by atoms with Crippen molar-refractivity contribution < 1.29 is 17.9 Å². The molecular formula is C21H19F3N4O2S. The minimum absolute atomic E-state index is 0.0880. The standard InChI is InChI=1S/C21H19F3N4O2S/c1-3-11-28-19(29)18(25-16-6-4-5-15(12-16)21(22,23)24)26-27-20(28)31-13-14-7-9-17(30-2)10-8-14/h3-10,12H,1,11,13H2,2H3,(H,25,26). The fourth-order valence-corrected chi connectivity index (χ4v) is 3.56. The summed E-state index contributed by atoms with van der Waals surface area (Å²) in [4.78, 5) is 12.9. The van der Waals surface area contributed by atoms with Gasteiger partial charge in [0.1, 0.15) is 5.75 Å². The van der Waals surface area contributed by atoms with Crippen molar-refractivity contribution in [3.05, 3.63) is 82.7 Å². The average molecular weight is 448 g/mol. The Morgan fingerprint density at radius 3 is 2.58 bits per heavy atom. The third-order valence-corrected chi connectivity index (χ3v) is 5.24. The first-order valence-electron chi connectivity index (χ1n) is 9.10. The zero-order valence-corrected chi connectivity index (χ0v) is 17.3. The fraction of sp³-hybridized carbons (Fsp3) is 0.190. The summed E-state index contributed by atoms with van der Waals surface area (Å²) in [5, 5.41) is 11.0. The minimum atomic E-state index is -4.49. The Kier molecular flexibility index (Phi) is 7.01. The van der Waals surface area contributed by atoms with E-state index >= 15 is 0 Å². The number of allylic oxidation sites excluding steroid dienone is 1. The first-order chi connectivity index (χ1) is 14.8. The number of nitrogens with zero attached hydrogens (tertiary/aromatic N) is 3. The molecule has 2 aromatic carbocycles. The molecule has 0 radical (unpaired) electrons. The second-order valence-electron chi connectivity index (χ2n) is 6.38. The maximum absolute atomic E-state index is 12.9. The molecule has 0 amide bonds. The van der Waals surface area contributed by atoms with Gasteiger partial charge in [0.05, 0.1) is 12.7 Å². The highest BCUT2D eigenvalue weighted by molar-refractivity contribution is 7.98. The molecule has 1 heterocycles. The van der Waals surface area contributed by atoms with Crippen LogP contribution in [0.15, 0.2) is 71.1 Å². The van der Waals surface area contributed by atoms with Crippen molar-refractivity contribution in [2.45, 2.75) is 23.6 Å². The van der Waals surface area contributed by atoms with Crippen molar-refractivity contribution in [2.24, 2.45) is 0 Å². The quantitative estimate of drug-likeness (QED) is 0.391. The number of nitrogens with one attached hydrogen (secondary N) is 1. The zero-order valence-electron chi connectivity index (χ0n) is 16.5. The van der Waals surface area contributed by atoms with Gasteiger partial charge in [-0.05, 0) is 35.9 Å². The molecule has 0 unspecified atom stereocenters. The maximum Gasteiger partial charge on any atom is 0.416 e. The summed E-state index contributed by atoms with van der Waals surface area (Å²) in [5.41, 5.74) is -0.255. The normalized spacial score (nSPS) is 11.2. The molecule has 3 aromatic rings. The zero-order chi connectivity index (χ0) is 22.4. The number of hydrogen-bond acceptors (Lipinski definition) is 6. The lowest BCUT2D eigenvalue weighted by molar-refractivity contribution is -0.137.